The number of esters is 1. The fourth-order valence-electron chi connectivity index (χ4n) is 1.93. The minimum Gasteiger partial charge on any atom is -0.497 e. The van der Waals surface area contributed by atoms with Crippen LogP contribution in [0.4, 0.5) is 0 Å². The van der Waals surface area contributed by atoms with Gasteiger partial charge in [0.25, 0.3) is 5.91 Å². The Morgan fingerprint density at radius 3 is 2.74 bits per heavy atom. The number of carbonyl (C=O) groups excluding carboxylic acids is 2. The summed E-state index contributed by atoms with van der Waals surface area (Å²) in [6.45, 7) is 3.35. The first kappa shape index (κ1) is 16.5. The molecule has 7 nitrogen and oxygen atoms in total. The van der Waals surface area contributed by atoms with Gasteiger partial charge in [0.2, 0.25) is 0 Å². The van der Waals surface area contributed by atoms with Gasteiger partial charge in [-0.15, -0.1) is 0 Å². The average Bonchev–Trinajstić information content (AvgIpc) is 2.89. The first-order valence-corrected chi connectivity index (χ1v) is 7.01. The summed E-state index contributed by atoms with van der Waals surface area (Å²) in [5, 5.41) is 6.28. The van der Waals surface area contributed by atoms with E-state index in [9.17, 15) is 9.59 Å². The molecule has 23 heavy (non-hydrogen) atoms. The minimum atomic E-state index is -0.541. The van der Waals surface area contributed by atoms with E-state index in [4.69, 9.17) is 14.0 Å². The smallest absolute Gasteiger partial charge is 0.325 e. The number of aromatic nitrogens is 1. The number of nitrogens with one attached hydrogen (secondary N) is 1. The molecule has 0 atom stereocenters. The fraction of sp³-hybridized carbons (Fsp3) is 0.312. The first-order chi connectivity index (χ1) is 11.0. The topological polar surface area (TPSA) is 90.7 Å². The third-order valence-corrected chi connectivity index (χ3v) is 3.28. The largest absolute Gasteiger partial charge is 0.497 e. The molecular formula is C16H18N2O5. The number of hydrogen-bond donors (Lipinski definition) is 1. The number of methoxy groups -OCH3 is 1. The quantitative estimate of drug-likeness (QED) is 0.816. The Hall–Kier alpha value is -2.83. The standard InChI is InChI=1S/C16H18N2O5/c1-10-14(11(2)23-18-10)9-22-15(19)8-17-16(20)12-5-4-6-13(7-12)21-3/h4-7H,8-9H2,1-3H3,(H,17,20). The Labute approximate surface area is 133 Å². The Kier molecular flexibility index (Phi) is 5.35. The van der Waals surface area contributed by atoms with Crippen molar-refractivity contribution in [3.63, 3.8) is 0 Å². The van der Waals surface area contributed by atoms with Gasteiger partial charge in [-0.2, -0.15) is 0 Å². The van der Waals surface area contributed by atoms with Gasteiger partial charge in [0, 0.05) is 5.56 Å². The van der Waals surface area contributed by atoms with Gasteiger partial charge in [-0.25, -0.2) is 0 Å². The highest BCUT2D eigenvalue weighted by atomic mass is 16.5. The molecule has 0 unspecified atom stereocenters. The number of nitrogens with zero attached hydrogens (tertiary/aromatic N) is 1. The van der Waals surface area contributed by atoms with E-state index in [0.717, 1.165) is 5.56 Å². The van der Waals surface area contributed by atoms with E-state index in [2.05, 4.69) is 10.5 Å². The SMILES string of the molecule is COc1cccc(C(=O)NCC(=O)OCc2c(C)noc2C)c1. The number of aryl methyl sites for hydroxylation is 2. The number of benzene rings is 1. The van der Waals surface area contributed by atoms with Gasteiger partial charge in [-0.1, -0.05) is 11.2 Å². The van der Waals surface area contributed by atoms with Crippen LogP contribution in [0.3, 0.4) is 0 Å². The Morgan fingerprint density at radius 1 is 1.30 bits per heavy atom. The third kappa shape index (κ3) is 4.32. The molecule has 1 aromatic carbocycles. The molecule has 2 aromatic rings. The lowest BCUT2D eigenvalue weighted by Gasteiger charge is -2.07. The van der Waals surface area contributed by atoms with Crippen molar-refractivity contribution < 1.29 is 23.6 Å². The van der Waals surface area contributed by atoms with Gasteiger partial charge in [0.05, 0.1) is 18.4 Å². The molecule has 1 amide bonds. The lowest BCUT2D eigenvalue weighted by atomic mass is 10.2. The van der Waals surface area contributed by atoms with Gasteiger partial charge in [-0.3, -0.25) is 9.59 Å². The maximum atomic E-state index is 12.0. The van der Waals surface area contributed by atoms with Crippen LogP contribution in [0.2, 0.25) is 0 Å². The predicted octanol–water partition coefficient (Wildman–Crippen LogP) is 1.77. The monoisotopic (exact) mass is 318 g/mol. The van der Waals surface area contributed by atoms with Crippen molar-refractivity contribution in [2.24, 2.45) is 0 Å². The normalized spacial score (nSPS) is 10.2. The summed E-state index contributed by atoms with van der Waals surface area (Å²) in [6.07, 6.45) is 0. The van der Waals surface area contributed by atoms with Gasteiger partial charge >= 0.3 is 5.97 Å². The summed E-state index contributed by atoms with van der Waals surface area (Å²) >= 11 is 0. The van der Waals surface area contributed by atoms with Crippen LogP contribution in [-0.4, -0.2) is 30.7 Å². The van der Waals surface area contributed by atoms with Crippen molar-refractivity contribution in [2.45, 2.75) is 20.5 Å². The summed E-state index contributed by atoms with van der Waals surface area (Å²) in [4.78, 5) is 23.7. The van der Waals surface area contributed by atoms with Crippen LogP contribution in [0.25, 0.3) is 0 Å². The molecule has 1 aromatic heterocycles. The number of ether oxygens (including phenoxy) is 2. The summed E-state index contributed by atoms with van der Waals surface area (Å²) in [5.74, 6) is 0.258. The van der Waals surface area contributed by atoms with Gasteiger partial charge in [0.1, 0.15) is 24.7 Å². The van der Waals surface area contributed by atoms with Crippen LogP contribution in [0.15, 0.2) is 28.8 Å². The van der Waals surface area contributed by atoms with E-state index in [1.165, 1.54) is 7.11 Å². The van der Waals surface area contributed by atoms with E-state index in [-0.39, 0.29) is 19.1 Å². The molecule has 1 heterocycles. The van der Waals surface area contributed by atoms with E-state index in [1.807, 2.05) is 0 Å². The summed E-state index contributed by atoms with van der Waals surface area (Å²) in [6, 6.07) is 6.65. The molecule has 2 rings (SSSR count). The number of carbonyl (C=O) groups is 2. The first-order valence-electron chi connectivity index (χ1n) is 7.01. The molecule has 0 aliphatic rings. The van der Waals surface area contributed by atoms with Crippen molar-refractivity contribution >= 4 is 11.9 Å². The maximum absolute atomic E-state index is 12.0. The maximum Gasteiger partial charge on any atom is 0.325 e. The molecule has 0 saturated carbocycles. The van der Waals surface area contributed by atoms with Crippen molar-refractivity contribution in [3.05, 3.63) is 46.8 Å². The zero-order valence-electron chi connectivity index (χ0n) is 13.2. The van der Waals surface area contributed by atoms with Crippen LogP contribution in [-0.2, 0) is 16.1 Å². The Balaban J connectivity index is 1.83. The highest BCUT2D eigenvalue weighted by Gasteiger charge is 2.13. The number of hydrogen-bond acceptors (Lipinski definition) is 6. The van der Waals surface area contributed by atoms with Crippen LogP contribution in [0.5, 0.6) is 5.75 Å². The average molecular weight is 318 g/mol. The summed E-state index contributed by atoms with van der Waals surface area (Å²) in [7, 11) is 1.52. The van der Waals surface area contributed by atoms with Gasteiger partial charge < -0.3 is 19.3 Å². The molecule has 0 spiro atoms. The van der Waals surface area contributed by atoms with E-state index in [0.29, 0.717) is 22.8 Å². The molecule has 0 bridgehead atoms. The fourth-order valence-corrected chi connectivity index (χ4v) is 1.93. The van der Waals surface area contributed by atoms with Crippen LogP contribution < -0.4 is 10.1 Å². The highest BCUT2D eigenvalue weighted by Crippen LogP contribution is 2.13. The van der Waals surface area contributed by atoms with E-state index >= 15 is 0 Å². The zero-order valence-corrected chi connectivity index (χ0v) is 13.2. The minimum absolute atomic E-state index is 0.0645. The van der Waals surface area contributed by atoms with Crippen molar-refractivity contribution in [1.82, 2.24) is 10.5 Å². The second-order valence-corrected chi connectivity index (χ2v) is 4.88. The lowest BCUT2D eigenvalue weighted by Crippen LogP contribution is -2.30. The lowest BCUT2D eigenvalue weighted by molar-refractivity contribution is -0.143. The van der Waals surface area contributed by atoms with E-state index < -0.39 is 5.97 Å². The molecule has 0 aliphatic heterocycles. The molecule has 1 N–H and O–H groups in total. The molecule has 0 radical (unpaired) electrons. The van der Waals surface area contributed by atoms with Crippen LogP contribution in [0.1, 0.15) is 27.4 Å². The summed E-state index contributed by atoms with van der Waals surface area (Å²) in [5.41, 5.74) is 1.82. The van der Waals surface area contributed by atoms with Crippen molar-refractivity contribution in [3.8, 4) is 5.75 Å². The molecule has 0 fully saturated rings. The molecule has 0 saturated heterocycles. The highest BCUT2D eigenvalue weighted by molar-refractivity contribution is 5.96. The van der Waals surface area contributed by atoms with Crippen LogP contribution >= 0.6 is 0 Å². The Bertz CT molecular complexity index is 689. The molecule has 7 heteroatoms. The second kappa shape index (κ2) is 7.44. The van der Waals surface area contributed by atoms with Gasteiger partial charge in [0.15, 0.2) is 0 Å². The van der Waals surface area contributed by atoms with Crippen LogP contribution in [0, 0.1) is 13.8 Å². The van der Waals surface area contributed by atoms with Gasteiger partial charge in [-0.05, 0) is 32.0 Å². The number of amides is 1. The third-order valence-electron chi connectivity index (χ3n) is 3.28. The van der Waals surface area contributed by atoms with Crippen molar-refractivity contribution in [2.75, 3.05) is 13.7 Å². The molecule has 122 valence electrons. The van der Waals surface area contributed by atoms with E-state index in [1.54, 1.807) is 38.1 Å². The molecule has 0 aliphatic carbocycles. The summed E-state index contributed by atoms with van der Waals surface area (Å²) < 4.78 is 15.1. The zero-order chi connectivity index (χ0) is 16.8. The second-order valence-electron chi connectivity index (χ2n) is 4.88. The van der Waals surface area contributed by atoms with Crippen molar-refractivity contribution in [1.29, 1.82) is 0 Å². The Morgan fingerprint density at radius 2 is 2.09 bits per heavy atom. The predicted molar refractivity (Wildman–Crippen MR) is 81.1 cm³/mol. The number of rotatable bonds is 6. The molecular weight excluding hydrogens is 300 g/mol.